The van der Waals surface area contributed by atoms with Gasteiger partial charge in [0.05, 0.1) is 23.0 Å². The molecule has 0 spiro atoms. The largest absolute Gasteiger partial charge is 0.444 e. The lowest BCUT2D eigenvalue weighted by Crippen LogP contribution is -2.52. The summed E-state index contributed by atoms with van der Waals surface area (Å²) >= 11 is 0. The number of rotatable bonds is 7. The fourth-order valence-electron chi connectivity index (χ4n) is 7.32. The van der Waals surface area contributed by atoms with Gasteiger partial charge in [0, 0.05) is 61.5 Å². The summed E-state index contributed by atoms with van der Waals surface area (Å²) in [4.78, 5) is 63.7. The molecule has 0 radical (unpaired) electrons. The number of ether oxygens (including phenoxy) is 1. The Morgan fingerprint density at radius 1 is 1.09 bits per heavy atom. The molecule has 4 heterocycles. The molecule has 1 aliphatic carbocycles. The summed E-state index contributed by atoms with van der Waals surface area (Å²) in [7, 11) is 0. The van der Waals surface area contributed by atoms with E-state index in [1.165, 1.54) is 12.1 Å². The molecule has 0 bridgehead atoms. The number of nitrogens with zero attached hydrogens (tertiary/aromatic N) is 5. The molecule has 3 fully saturated rings. The number of hydrogen-bond acceptors (Lipinski definition) is 6. The number of carbonyl (C=O) groups is 4. The monoisotopic (exact) mass is 645 g/mol. The molecule has 0 N–H and O–H groups in total. The molecule has 3 atom stereocenters. The van der Waals surface area contributed by atoms with Crippen LogP contribution in [0.1, 0.15) is 81.5 Å². The van der Waals surface area contributed by atoms with Crippen LogP contribution in [0.5, 0.6) is 0 Å². The maximum absolute atomic E-state index is 14.5. The second kappa shape index (κ2) is 12.4. The average molecular weight is 646 g/mol. The Hall–Kier alpha value is -4.28. The van der Waals surface area contributed by atoms with Gasteiger partial charge in [0.15, 0.2) is 5.78 Å². The normalized spacial score (nSPS) is 21.2. The van der Waals surface area contributed by atoms with Gasteiger partial charge in [-0.15, -0.1) is 0 Å². The smallest absolute Gasteiger partial charge is 0.410 e. The predicted molar refractivity (Wildman–Crippen MR) is 175 cm³/mol. The van der Waals surface area contributed by atoms with E-state index in [-0.39, 0.29) is 41.0 Å². The number of benzene rings is 1. The number of carbonyl (C=O) groups excluding carboxylic acids is 4. The van der Waals surface area contributed by atoms with Gasteiger partial charge in [0.25, 0.3) is 5.91 Å². The Kier molecular flexibility index (Phi) is 8.61. The highest BCUT2D eigenvalue weighted by Crippen LogP contribution is 2.50. The van der Waals surface area contributed by atoms with Gasteiger partial charge in [-0.05, 0) is 96.9 Å². The molecule has 2 aliphatic heterocycles. The van der Waals surface area contributed by atoms with Crippen molar-refractivity contribution in [2.45, 2.75) is 78.5 Å². The number of halogens is 1. The van der Waals surface area contributed by atoms with E-state index in [2.05, 4.69) is 4.98 Å². The third-order valence-corrected chi connectivity index (χ3v) is 9.76. The minimum absolute atomic E-state index is 0.0436. The molecule has 6 rings (SSSR count). The lowest BCUT2D eigenvalue weighted by Gasteiger charge is -2.36. The topological polar surface area (TPSA) is 105 Å². The van der Waals surface area contributed by atoms with Gasteiger partial charge in [-0.1, -0.05) is 0 Å². The zero-order chi connectivity index (χ0) is 33.8. The molecule has 47 heavy (non-hydrogen) atoms. The van der Waals surface area contributed by atoms with Gasteiger partial charge in [-0.3, -0.25) is 24.3 Å². The summed E-state index contributed by atoms with van der Waals surface area (Å²) in [6.07, 6.45) is 6.49. The lowest BCUT2D eigenvalue weighted by molar-refractivity contribution is -0.138. The SMILES string of the molecule is CCN(C(=O)c1cc(F)ccc1-n1cc(C(=O)C2CCN(C(=O)[C@@H]3[C@H]4C[C@H]4CN3C(=O)OC(C)(C)C)CC2)c2ccncc21)C(C)C. The van der Waals surface area contributed by atoms with Crippen LogP contribution in [-0.4, -0.2) is 91.8 Å². The van der Waals surface area contributed by atoms with Crippen molar-refractivity contribution < 1.29 is 28.3 Å². The van der Waals surface area contributed by atoms with Gasteiger partial charge in [0.1, 0.15) is 17.5 Å². The maximum atomic E-state index is 14.5. The Morgan fingerprint density at radius 3 is 2.47 bits per heavy atom. The Bertz CT molecular complexity index is 1720. The van der Waals surface area contributed by atoms with E-state index in [4.69, 9.17) is 4.74 Å². The van der Waals surface area contributed by atoms with Crippen LogP contribution in [0.2, 0.25) is 0 Å². The zero-order valence-electron chi connectivity index (χ0n) is 28.0. The predicted octanol–water partition coefficient (Wildman–Crippen LogP) is 5.71. The van der Waals surface area contributed by atoms with Crippen molar-refractivity contribution in [1.82, 2.24) is 24.3 Å². The minimum atomic E-state index is -0.646. The van der Waals surface area contributed by atoms with Gasteiger partial charge in [-0.25, -0.2) is 9.18 Å². The van der Waals surface area contributed by atoms with Crippen LogP contribution in [-0.2, 0) is 9.53 Å². The Balaban J connectivity index is 1.22. The highest BCUT2D eigenvalue weighted by atomic mass is 19.1. The lowest BCUT2D eigenvalue weighted by atomic mass is 9.88. The summed E-state index contributed by atoms with van der Waals surface area (Å²) in [5.41, 5.74) is 1.17. The minimum Gasteiger partial charge on any atom is -0.444 e. The zero-order valence-corrected chi connectivity index (χ0v) is 28.0. The molecule has 3 amide bonds. The third-order valence-electron chi connectivity index (χ3n) is 9.76. The van der Waals surface area contributed by atoms with E-state index in [1.807, 2.05) is 41.5 Å². The van der Waals surface area contributed by atoms with Crippen LogP contribution in [0.3, 0.4) is 0 Å². The van der Waals surface area contributed by atoms with Crippen molar-refractivity contribution in [2.24, 2.45) is 17.8 Å². The molecular formula is C36H44FN5O5. The number of likely N-dealkylation sites (tertiary alicyclic amines) is 2. The molecule has 3 aromatic rings. The van der Waals surface area contributed by atoms with E-state index in [0.717, 1.165) is 6.42 Å². The van der Waals surface area contributed by atoms with Gasteiger partial charge in [-0.2, -0.15) is 0 Å². The number of amides is 3. The van der Waals surface area contributed by atoms with Crippen molar-refractivity contribution in [2.75, 3.05) is 26.2 Å². The van der Waals surface area contributed by atoms with Crippen LogP contribution in [0.4, 0.5) is 9.18 Å². The number of hydrogen-bond donors (Lipinski definition) is 0. The molecule has 2 aromatic heterocycles. The second-order valence-electron chi connectivity index (χ2n) is 14.4. The first-order valence-electron chi connectivity index (χ1n) is 16.7. The summed E-state index contributed by atoms with van der Waals surface area (Å²) in [6, 6.07) is 5.31. The summed E-state index contributed by atoms with van der Waals surface area (Å²) in [5, 5.41) is 0.696. The molecule has 3 aliphatic rings. The average Bonchev–Trinajstić information content (AvgIpc) is 3.52. The standard InChI is InChI=1S/C36H44FN5O5/c1-7-40(21(2)3)33(44)27-17-24(37)8-9-29(27)41-20-28(25-10-13-38-18-30(25)41)32(43)22-11-14-39(15-12-22)34(45)31-26-16-23(26)19-42(31)35(46)47-36(4,5)6/h8-10,13,17-18,20-23,26,31H,7,11-12,14-16,19H2,1-6H3/t23-,26-,31-/m0/s1. The first-order chi connectivity index (χ1) is 22.3. The second-order valence-corrected chi connectivity index (χ2v) is 14.4. The Labute approximate surface area is 274 Å². The molecule has 0 unspecified atom stereocenters. The first kappa shape index (κ1) is 32.7. The van der Waals surface area contributed by atoms with Crippen molar-refractivity contribution in [3.8, 4) is 5.69 Å². The van der Waals surface area contributed by atoms with Crippen LogP contribution < -0.4 is 0 Å². The molecule has 1 aromatic carbocycles. The highest BCUT2D eigenvalue weighted by molar-refractivity contribution is 6.10. The van der Waals surface area contributed by atoms with E-state index < -0.39 is 23.6 Å². The fourth-order valence-corrected chi connectivity index (χ4v) is 7.32. The number of pyridine rings is 1. The number of fused-ring (bicyclic) bond motifs is 2. The molecule has 250 valence electrons. The summed E-state index contributed by atoms with van der Waals surface area (Å²) < 4.78 is 21.9. The van der Waals surface area contributed by atoms with Crippen LogP contribution in [0, 0.1) is 23.6 Å². The van der Waals surface area contributed by atoms with Crippen LogP contribution in [0.15, 0.2) is 42.9 Å². The van der Waals surface area contributed by atoms with Crippen LogP contribution in [0.25, 0.3) is 16.6 Å². The van der Waals surface area contributed by atoms with Crippen molar-refractivity contribution in [3.63, 3.8) is 0 Å². The van der Waals surface area contributed by atoms with Gasteiger partial charge in [0.2, 0.25) is 5.91 Å². The first-order valence-corrected chi connectivity index (χ1v) is 16.7. The molecular weight excluding hydrogens is 601 g/mol. The van der Waals surface area contributed by atoms with Gasteiger partial charge < -0.3 is 19.1 Å². The summed E-state index contributed by atoms with van der Waals surface area (Å²) in [6.45, 7) is 13.0. The highest BCUT2D eigenvalue weighted by Gasteiger charge is 2.58. The molecule has 11 heteroatoms. The molecule has 10 nitrogen and oxygen atoms in total. The Morgan fingerprint density at radius 2 is 1.81 bits per heavy atom. The molecule has 2 saturated heterocycles. The number of piperidine rings is 2. The van der Waals surface area contributed by atoms with E-state index in [9.17, 15) is 23.6 Å². The maximum Gasteiger partial charge on any atom is 0.410 e. The number of ketones is 1. The van der Waals surface area contributed by atoms with Crippen molar-refractivity contribution in [3.05, 3.63) is 59.8 Å². The fraction of sp³-hybridized carbons (Fsp3) is 0.528. The van der Waals surface area contributed by atoms with Crippen molar-refractivity contribution >= 4 is 34.6 Å². The van der Waals surface area contributed by atoms with Crippen LogP contribution >= 0.6 is 0 Å². The van der Waals surface area contributed by atoms with E-state index in [1.54, 1.807) is 50.0 Å². The van der Waals surface area contributed by atoms with Crippen molar-refractivity contribution in [1.29, 1.82) is 0 Å². The number of aromatic nitrogens is 2. The van der Waals surface area contributed by atoms with E-state index in [0.29, 0.717) is 67.1 Å². The quantitative estimate of drug-likeness (QED) is 0.305. The van der Waals surface area contributed by atoms with E-state index >= 15 is 0 Å². The molecule has 1 saturated carbocycles. The third kappa shape index (κ3) is 6.24. The van der Waals surface area contributed by atoms with Gasteiger partial charge >= 0.3 is 6.09 Å². The summed E-state index contributed by atoms with van der Waals surface area (Å²) in [5.74, 6) is -0.720. The number of Topliss-reactive ketones (excluding diaryl/α,β-unsaturated/α-hetero) is 1.